The number of ether oxygens (including phenoxy) is 1. The molecule has 1 N–H and O–H groups in total. The van der Waals surface area contributed by atoms with Gasteiger partial charge in [0.15, 0.2) is 0 Å². The number of carbonyl (C=O) groups is 1. The highest BCUT2D eigenvalue weighted by Gasteiger charge is 2.29. The van der Waals surface area contributed by atoms with E-state index in [-0.39, 0.29) is 22.6 Å². The Labute approximate surface area is 175 Å². The second-order valence-corrected chi connectivity index (χ2v) is 10.1. The van der Waals surface area contributed by atoms with Crippen molar-refractivity contribution < 1.29 is 17.9 Å². The number of amides is 1. The number of nitrogens with zero attached hydrogens (tertiary/aromatic N) is 1. The Kier molecular flexibility index (Phi) is 7.57. The van der Waals surface area contributed by atoms with E-state index in [0.29, 0.717) is 11.5 Å². The van der Waals surface area contributed by atoms with Crippen molar-refractivity contribution in [3.8, 4) is 5.75 Å². The third kappa shape index (κ3) is 5.51. The molecule has 3 rings (SSSR count). The van der Waals surface area contributed by atoms with E-state index in [0.717, 1.165) is 64.5 Å². The van der Waals surface area contributed by atoms with Gasteiger partial charge in [0.25, 0.3) is 5.91 Å². The largest absolute Gasteiger partial charge is 0.495 e. The SMILES string of the molecule is COc1ccc(C(=O)N2CCCCCCC2)cc1S(=O)(=O)NC1CCCCC1C. The number of methoxy groups -OCH3 is 1. The van der Waals surface area contributed by atoms with E-state index in [2.05, 4.69) is 11.6 Å². The summed E-state index contributed by atoms with van der Waals surface area (Å²) >= 11 is 0. The van der Waals surface area contributed by atoms with E-state index in [4.69, 9.17) is 4.74 Å². The Morgan fingerprint density at radius 1 is 1.03 bits per heavy atom. The molecule has 1 heterocycles. The maximum Gasteiger partial charge on any atom is 0.253 e. The summed E-state index contributed by atoms with van der Waals surface area (Å²) < 4.78 is 34.5. The van der Waals surface area contributed by atoms with Gasteiger partial charge in [-0.05, 0) is 49.8 Å². The summed E-state index contributed by atoms with van der Waals surface area (Å²) in [6, 6.07) is 4.67. The van der Waals surface area contributed by atoms with Gasteiger partial charge in [0.1, 0.15) is 10.6 Å². The fraction of sp³-hybridized carbons (Fsp3) is 0.682. The van der Waals surface area contributed by atoms with Gasteiger partial charge in [-0.25, -0.2) is 13.1 Å². The van der Waals surface area contributed by atoms with Crippen LogP contribution in [0.2, 0.25) is 0 Å². The molecule has 29 heavy (non-hydrogen) atoms. The van der Waals surface area contributed by atoms with E-state index >= 15 is 0 Å². The van der Waals surface area contributed by atoms with Gasteiger partial charge in [-0.1, -0.05) is 39.0 Å². The summed E-state index contributed by atoms with van der Waals surface area (Å²) in [6.07, 6.45) is 9.52. The lowest BCUT2D eigenvalue weighted by molar-refractivity contribution is 0.0742. The fourth-order valence-electron chi connectivity index (χ4n) is 4.41. The van der Waals surface area contributed by atoms with Crippen molar-refractivity contribution in [2.45, 2.75) is 75.6 Å². The molecule has 1 aromatic carbocycles. The topological polar surface area (TPSA) is 75.7 Å². The fourth-order valence-corrected chi connectivity index (χ4v) is 5.98. The van der Waals surface area contributed by atoms with E-state index in [1.165, 1.54) is 19.6 Å². The molecule has 0 bridgehead atoms. The van der Waals surface area contributed by atoms with Crippen LogP contribution in [0.15, 0.2) is 23.1 Å². The minimum absolute atomic E-state index is 0.0515. The molecule has 1 aliphatic heterocycles. The zero-order valence-electron chi connectivity index (χ0n) is 17.7. The van der Waals surface area contributed by atoms with Crippen LogP contribution in [0.3, 0.4) is 0 Å². The van der Waals surface area contributed by atoms with Crippen LogP contribution in [0.1, 0.15) is 75.1 Å². The summed E-state index contributed by atoms with van der Waals surface area (Å²) in [6.45, 7) is 3.54. The zero-order chi connectivity index (χ0) is 20.9. The van der Waals surface area contributed by atoms with Crippen LogP contribution in [0.25, 0.3) is 0 Å². The number of sulfonamides is 1. The van der Waals surface area contributed by atoms with Gasteiger partial charge in [0, 0.05) is 24.7 Å². The Hall–Kier alpha value is -1.60. The summed E-state index contributed by atoms with van der Waals surface area (Å²) in [5.41, 5.74) is 0.406. The number of likely N-dealkylation sites (tertiary alicyclic amines) is 1. The Morgan fingerprint density at radius 2 is 1.69 bits per heavy atom. The molecule has 2 aliphatic rings. The molecule has 2 fully saturated rings. The predicted molar refractivity (Wildman–Crippen MR) is 114 cm³/mol. The molecule has 1 aromatic rings. The van der Waals surface area contributed by atoms with E-state index in [9.17, 15) is 13.2 Å². The molecule has 1 amide bonds. The van der Waals surface area contributed by atoms with Gasteiger partial charge < -0.3 is 9.64 Å². The maximum absolute atomic E-state index is 13.2. The first-order valence-corrected chi connectivity index (χ1v) is 12.4. The first-order valence-electron chi connectivity index (χ1n) is 10.9. The molecule has 0 aromatic heterocycles. The molecule has 1 aliphatic carbocycles. The van der Waals surface area contributed by atoms with Gasteiger partial charge in [0.05, 0.1) is 7.11 Å². The number of hydrogen-bond donors (Lipinski definition) is 1. The lowest BCUT2D eigenvalue weighted by Gasteiger charge is -2.29. The van der Waals surface area contributed by atoms with Crippen LogP contribution < -0.4 is 9.46 Å². The third-order valence-corrected chi connectivity index (χ3v) is 7.77. The monoisotopic (exact) mass is 422 g/mol. The van der Waals surface area contributed by atoms with Crippen LogP contribution in [0.4, 0.5) is 0 Å². The molecule has 1 saturated carbocycles. The average molecular weight is 423 g/mol. The van der Waals surface area contributed by atoms with E-state index in [1.54, 1.807) is 12.1 Å². The third-order valence-electron chi connectivity index (χ3n) is 6.26. The van der Waals surface area contributed by atoms with Crippen molar-refractivity contribution in [2.24, 2.45) is 5.92 Å². The minimum Gasteiger partial charge on any atom is -0.495 e. The lowest BCUT2D eigenvalue weighted by Crippen LogP contribution is -2.41. The van der Waals surface area contributed by atoms with E-state index < -0.39 is 10.0 Å². The van der Waals surface area contributed by atoms with Gasteiger partial charge in [-0.15, -0.1) is 0 Å². The molecular weight excluding hydrogens is 388 g/mol. The standard InChI is InChI=1S/C22H34N2O4S/c1-17-10-6-7-11-19(17)23-29(26,27)21-16-18(12-13-20(21)28-2)22(25)24-14-8-4-3-5-9-15-24/h12-13,16-17,19,23H,3-11,14-15H2,1-2H3. The molecule has 7 heteroatoms. The van der Waals surface area contributed by atoms with Crippen molar-refractivity contribution >= 4 is 15.9 Å². The maximum atomic E-state index is 13.2. The van der Waals surface area contributed by atoms with Crippen molar-refractivity contribution in [3.05, 3.63) is 23.8 Å². The van der Waals surface area contributed by atoms with Crippen LogP contribution in [-0.4, -0.2) is 45.5 Å². The molecule has 162 valence electrons. The highest BCUT2D eigenvalue weighted by Crippen LogP contribution is 2.29. The molecular formula is C22H34N2O4S. The van der Waals surface area contributed by atoms with Crippen molar-refractivity contribution in [1.29, 1.82) is 0 Å². The van der Waals surface area contributed by atoms with Crippen molar-refractivity contribution in [3.63, 3.8) is 0 Å². The first kappa shape index (κ1) is 22.1. The minimum atomic E-state index is -3.78. The molecule has 6 nitrogen and oxygen atoms in total. The van der Waals surface area contributed by atoms with Crippen LogP contribution >= 0.6 is 0 Å². The molecule has 0 radical (unpaired) electrons. The lowest BCUT2D eigenvalue weighted by atomic mass is 9.87. The second-order valence-electron chi connectivity index (χ2n) is 8.42. The number of carbonyl (C=O) groups excluding carboxylic acids is 1. The average Bonchev–Trinajstić information content (AvgIpc) is 2.68. The second kappa shape index (κ2) is 9.94. The number of hydrogen-bond acceptors (Lipinski definition) is 4. The number of benzene rings is 1. The molecule has 2 atom stereocenters. The predicted octanol–water partition coefficient (Wildman–Crippen LogP) is 3.96. The summed E-state index contributed by atoms with van der Waals surface area (Å²) in [5.74, 6) is 0.470. The smallest absolute Gasteiger partial charge is 0.253 e. The highest BCUT2D eigenvalue weighted by atomic mass is 32.2. The summed E-state index contributed by atoms with van der Waals surface area (Å²) in [7, 11) is -2.33. The van der Waals surface area contributed by atoms with Crippen molar-refractivity contribution in [2.75, 3.05) is 20.2 Å². The number of nitrogens with one attached hydrogen (secondary N) is 1. The molecule has 1 saturated heterocycles. The van der Waals surface area contributed by atoms with Gasteiger partial charge in [-0.3, -0.25) is 4.79 Å². The quantitative estimate of drug-likeness (QED) is 0.779. The summed E-state index contributed by atoms with van der Waals surface area (Å²) in [5, 5.41) is 0. The van der Waals surface area contributed by atoms with Gasteiger partial charge in [0.2, 0.25) is 10.0 Å². The Bertz CT molecular complexity index is 801. The zero-order valence-corrected chi connectivity index (χ0v) is 18.5. The summed E-state index contributed by atoms with van der Waals surface area (Å²) in [4.78, 5) is 15.0. The Morgan fingerprint density at radius 3 is 2.34 bits per heavy atom. The van der Waals surface area contributed by atoms with E-state index in [1.807, 2.05) is 4.90 Å². The highest BCUT2D eigenvalue weighted by molar-refractivity contribution is 7.89. The van der Waals surface area contributed by atoms with Crippen molar-refractivity contribution in [1.82, 2.24) is 9.62 Å². The van der Waals surface area contributed by atoms with Crippen LogP contribution in [0, 0.1) is 5.92 Å². The van der Waals surface area contributed by atoms with Crippen LogP contribution in [-0.2, 0) is 10.0 Å². The van der Waals surface area contributed by atoms with Crippen LogP contribution in [0.5, 0.6) is 5.75 Å². The first-order chi connectivity index (χ1) is 13.9. The Balaban J connectivity index is 1.84. The number of rotatable bonds is 5. The van der Waals surface area contributed by atoms with Gasteiger partial charge in [-0.2, -0.15) is 0 Å². The normalized spacial score (nSPS) is 23.9. The molecule has 2 unspecified atom stereocenters. The van der Waals surface area contributed by atoms with Gasteiger partial charge >= 0.3 is 0 Å². The molecule has 0 spiro atoms.